The predicted octanol–water partition coefficient (Wildman–Crippen LogP) is 3.48. The first kappa shape index (κ1) is 15.5. The Labute approximate surface area is 123 Å². The van der Waals surface area contributed by atoms with Crippen LogP contribution in [0.3, 0.4) is 0 Å². The lowest BCUT2D eigenvalue weighted by Crippen LogP contribution is -2.31. The van der Waals surface area contributed by atoms with Gasteiger partial charge in [-0.2, -0.15) is 0 Å². The lowest BCUT2D eigenvalue weighted by molar-refractivity contribution is 0.399. The minimum absolute atomic E-state index is 0.288. The van der Waals surface area contributed by atoms with Crippen molar-refractivity contribution in [2.24, 2.45) is 5.92 Å². The second-order valence-corrected chi connectivity index (χ2v) is 6.70. The third kappa shape index (κ3) is 4.05. The van der Waals surface area contributed by atoms with Crippen molar-refractivity contribution >= 4 is 0 Å². The van der Waals surface area contributed by atoms with Gasteiger partial charge in [-0.3, -0.25) is 0 Å². The van der Waals surface area contributed by atoms with Gasteiger partial charge in [-0.05, 0) is 45.4 Å². The molecule has 0 saturated heterocycles. The van der Waals surface area contributed by atoms with Crippen LogP contribution in [-0.4, -0.2) is 20.8 Å². The molecule has 1 aliphatic rings. The fraction of sp³-hybridized carbons (Fsp3) is 0.875. The average Bonchev–Trinajstić information content (AvgIpc) is 2.66. The summed E-state index contributed by atoms with van der Waals surface area (Å²) in [5.41, 5.74) is 0. The van der Waals surface area contributed by atoms with Crippen molar-refractivity contribution in [1.82, 2.24) is 20.1 Å². The van der Waals surface area contributed by atoms with Gasteiger partial charge in [0, 0.05) is 19.0 Å². The SMILES string of the molecule is CC(C)CCC(C)NC(C)c1nnc2n1CCCCC2. The van der Waals surface area contributed by atoms with E-state index < -0.39 is 0 Å². The zero-order valence-corrected chi connectivity index (χ0v) is 13.5. The summed E-state index contributed by atoms with van der Waals surface area (Å²) in [6, 6.07) is 0.822. The maximum absolute atomic E-state index is 4.44. The minimum atomic E-state index is 0.288. The smallest absolute Gasteiger partial charge is 0.149 e. The molecule has 1 aromatic rings. The maximum Gasteiger partial charge on any atom is 0.149 e. The molecule has 0 spiro atoms. The summed E-state index contributed by atoms with van der Waals surface area (Å²) >= 11 is 0. The fourth-order valence-corrected chi connectivity index (χ4v) is 3.00. The quantitative estimate of drug-likeness (QED) is 0.866. The molecule has 4 nitrogen and oxygen atoms in total. The van der Waals surface area contributed by atoms with E-state index in [0.717, 1.165) is 24.7 Å². The molecule has 114 valence electrons. The first-order valence-electron chi connectivity index (χ1n) is 8.26. The summed E-state index contributed by atoms with van der Waals surface area (Å²) in [6.07, 6.45) is 7.41. The van der Waals surface area contributed by atoms with Gasteiger partial charge in [-0.25, -0.2) is 0 Å². The molecular weight excluding hydrogens is 248 g/mol. The summed E-state index contributed by atoms with van der Waals surface area (Å²) < 4.78 is 2.35. The van der Waals surface area contributed by atoms with Crippen molar-refractivity contribution in [3.8, 4) is 0 Å². The van der Waals surface area contributed by atoms with Gasteiger partial charge in [0.25, 0.3) is 0 Å². The molecule has 20 heavy (non-hydrogen) atoms. The van der Waals surface area contributed by atoms with Gasteiger partial charge in [0.15, 0.2) is 0 Å². The van der Waals surface area contributed by atoms with Crippen molar-refractivity contribution in [3.05, 3.63) is 11.6 Å². The van der Waals surface area contributed by atoms with Crippen LogP contribution in [0.25, 0.3) is 0 Å². The molecule has 0 bridgehead atoms. The van der Waals surface area contributed by atoms with Crippen LogP contribution in [0.5, 0.6) is 0 Å². The Morgan fingerprint density at radius 1 is 1.05 bits per heavy atom. The highest BCUT2D eigenvalue weighted by Crippen LogP contribution is 2.19. The highest BCUT2D eigenvalue weighted by Gasteiger charge is 2.20. The van der Waals surface area contributed by atoms with Crippen LogP contribution in [0.15, 0.2) is 0 Å². The van der Waals surface area contributed by atoms with Crippen LogP contribution in [0.1, 0.15) is 77.5 Å². The molecule has 0 amide bonds. The summed E-state index contributed by atoms with van der Waals surface area (Å²) in [5.74, 6) is 3.08. The Balaban J connectivity index is 1.95. The molecule has 4 heteroatoms. The van der Waals surface area contributed by atoms with Crippen LogP contribution < -0.4 is 5.32 Å². The highest BCUT2D eigenvalue weighted by atomic mass is 15.3. The number of rotatable bonds is 6. The van der Waals surface area contributed by atoms with E-state index in [1.54, 1.807) is 0 Å². The van der Waals surface area contributed by atoms with Crippen molar-refractivity contribution in [3.63, 3.8) is 0 Å². The van der Waals surface area contributed by atoms with Crippen LogP contribution in [0, 0.1) is 5.92 Å². The molecule has 1 aromatic heterocycles. The standard InChI is InChI=1S/C16H30N4/c1-12(2)9-10-13(3)17-14(4)16-19-18-15-8-6-5-7-11-20(15)16/h12-14,17H,5-11H2,1-4H3. The Bertz CT molecular complexity index is 411. The Morgan fingerprint density at radius 2 is 1.85 bits per heavy atom. The van der Waals surface area contributed by atoms with Crippen LogP contribution in [0.4, 0.5) is 0 Å². The summed E-state index contributed by atoms with van der Waals surface area (Å²) in [6.45, 7) is 10.2. The van der Waals surface area contributed by atoms with Crippen LogP contribution >= 0.6 is 0 Å². The number of aromatic nitrogens is 3. The third-order valence-electron chi connectivity index (χ3n) is 4.24. The number of nitrogens with zero attached hydrogens (tertiary/aromatic N) is 3. The predicted molar refractivity (Wildman–Crippen MR) is 82.7 cm³/mol. The fourth-order valence-electron chi connectivity index (χ4n) is 3.00. The molecular formula is C16H30N4. The van der Waals surface area contributed by atoms with Gasteiger partial charge in [0.2, 0.25) is 0 Å². The monoisotopic (exact) mass is 278 g/mol. The van der Waals surface area contributed by atoms with E-state index in [-0.39, 0.29) is 6.04 Å². The van der Waals surface area contributed by atoms with E-state index in [0.29, 0.717) is 6.04 Å². The normalized spacial score (nSPS) is 18.6. The Morgan fingerprint density at radius 3 is 2.60 bits per heavy atom. The van der Waals surface area contributed by atoms with Crippen LogP contribution in [0.2, 0.25) is 0 Å². The van der Waals surface area contributed by atoms with Gasteiger partial charge in [0.05, 0.1) is 6.04 Å². The number of nitrogens with one attached hydrogen (secondary N) is 1. The van der Waals surface area contributed by atoms with E-state index in [1.165, 1.54) is 37.9 Å². The number of hydrogen-bond donors (Lipinski definition) is 1. The molecule has 2 unspecified atom stereocenters. The van der Waals surface area contributed by atoms with Gasteiger partial charge in [-0.15, -0.1) is 10.2 Å². The van der Waals surface area contributed by atoms with E-state index >= 15 is 0 Å². The zero-order chi connectivity index (χ0) is 14.5. The lowest BCUT2D eigenvalue weighted by Gasteiger charge is -2.21. The first-order valence-corrected chi connectivity index (χ1v) is 8.26. The zero-order valence-electron chi connectivity index (χ0n) is 13.5. The maximum atomic E-state index is 4.44. The Kier molecular flexibility index (Phi) is 5.58. The van der Waals surface area contributed by atoms with Gasteiger partial charge < -0.3 is 9.88 Å². The van der Waals surface area contributed by atoms with Crippen molar-refractivity contribution in [2.75, 3.05) is 0 Å². The highest BCUT2D eigenvalue weighted by molar-refractivity contribution is 5.02. The molecule has 1 aliphatic heterocycles. The summed E-state index contributed by atoms with van der Waals surface area (Å²) in [4.78, 5) is 0. The summed E-state index contributed by atoms with van der Waals surface area (Å²) in [5, 5.41) is 12.5. The molecule has 0 radical (unpaired) electrons. The average molecular weight is 278 g/mol. The molecule has 0 aliphatic carbocycles. The lowest BCUT2D eigenvalue weighted by atomic mass is 10.0. The Hall–Kier alpha value is -0.900. The molecule has 0 fully saturated rings. The molecule has 1 N–H and O–H groups in total. The topological polar surface area (TPSA) is 42.7 Å². The minimum Gasteiger partial charge on any atom is -0.314 e. The first-order chi connectivity index (χ1) is 9.58. The molecule has 2 heterocycles. The number of hydrogen-bond acceptors (Lipinski definition) is 3. The van der Waals surface area contributed by atoms with Gasteiger partial charge in [0.1, 0.15) is 11.6 Å². The second-order valence-electron chi connectivity index (χ2n) is 6.70. The van der Waals surface area contributed by atoms with E-state index in [2.05, 4.69) is 47.8 Å². The van der Waals surface area contributed by atoms with E-state index in [4.69, 9.17) is 0 Å². The summed E-state index contributed by atoms with van der Waals surface area (Å²) in [7, 11) is 0. The number of fused-ring (bicyclic) bond motifs is 1. The van der Waals surface area contributed by atoms with E-state index in [1.807, 2.05) is 0 Å². The number of aryl methyl sites for hydroxylation is 1. The van der Waals surface area contributed by atoms with Gasteiger partial charge >= 0.3 is 0 Å². The molecule has 0 aromatic carbocycles. The van der Waals surface area contributed by atoms with E-state index in [9.17, 15) is 0 Å². The largest absolute Gasteiger partial charge is 0.314 e. The molecule has 2 atom stereocenters. The van der Waals surface area contributed by atoms with Crippen molar-refractivity contribution in [2.45, 2.75) is 84.8 Å². The van der Waals surface area contributed by atoms with Crippen molar-refractivity contribution < 1.29 is 0 Å². The van der Waals surface area contributed by atoms with Crippen LogP contribution in [-0.2, 0) is 13.0 Å². The molecule has 0 saturated carbocycles. The second kappa shape index (κ2) is 7.21. The molecule has 2 rings (SSSR count). The van der Waals surface area contributed by atoms with Crippen molar-refractivity contribution in [1.29, 1.82) is 0 Å². The van der Waals surface area contributed by atoms with Gasteiger partial charge in [-0.1, -0.05) is 20.3 Å². The third-order valence-corrected chi connectivity index (χ3v) is 4.24.